The highest BCUT2D eigenvalue weighted by Gasteiger charge is 2.07. The first-order valence-corrected chi connectivity index (χ1v) is 6.79. The monoisotopic (exact) mass is 335 g/mol. The molecule has 20 heavy (non-hydrogen) atoms. The number of benzene rings is 2. The highest BCUT2D eigenvalue weighted by Crippen LogP contribution is 2.27. The molecule has 0 fully saturated rings. The third-order valence-corrected chi connectivity index (χ3v) is 3.33. The summed E-state index contributed by atoms with van der Waals surface area (Å²) in [6.07, 6.45) is 0.206. The van der Waals surface area contributed by atoms with Crippen molar-refractivity contribution in [2.75, 3.05) is 12.4 Å². The van der Waals surface area contributed by atoms with Crippen LogP contribution in [0, 0.1) is 0 Å². The van der Waals surface area contributed by atoms with Crippen LogP contribution >= 0.6 is 15.9 Å². The average Bonchev–Trinajstić information content (AvgIpc) is 2.38. The average molecular weight is 336 g/mol. The van der Waals surface area contributed by atoms with Gasteiger partial charge in [-0.3, -0.25) is 4.79 Å². The molecule has 2 aromatic rings. The van der Waals surface area contributed by atoms with Crippen LogP contribution in [0.5, 0.6) is 11.5 Å². The molecule has 0 unspecified atom stereocenters. The highest BCUT2D eigenvalue weighted by molar-refractivity contribution is 9.10. The zero-order chi connectivity index (χ0) is 14.5. The van der Waals surface area contributed by atoms with Gasteiger partial charge in [-0.25, -0.2) is 0 Å². The Labute approximate surface area is 125 Å². The van der Waals surface area contributed by atoms with E-state index in [0.717, 1.165) is 10.0 Å². The third-order valence-electron chi connectivity index (χ3n) is 2.71. The summed E-state index contributed by atoms with van der Waals surface area (Å²) in [4.78, 5) is 11.9. The Balaban J connectivity index is 2.03. The van der Waals surface area contributed by atoms with E-state index in [9.17, 15) is 9.90 Å². The van der Waals surface area contributed by atoms with Crippen LogP contribution in [0.1, 0.15) is 5.56 Å². The standard InChI is InChI=1S/C15H14BrNO3/c1-20-14-6-5-11(9-13(14)16)17-15(19)8-10-3-2-4-12(18)7-10/h2-7,9,18H,8H2,1H3,(H,17,19). The van der Waals surface area contributed by atoms with Crippen LogP contribution in [0.15, 0.2) is 46.9 Å². The van der Waals surface area contributed by atoms with Crippen LogP contribution < -0.4 is 10.1 Å². The lowest BCUT2D eigenvalue weighted by molar-refractivity contribution is -0.115. The maximum absolute atomic E-state index is 11.9. The van der Waals surface area contributed by atoms with Gasteiger partial charge < -0.3 is 15.2 Å². The number of anilines is 1. The van der Waals surface area contributed by atoms with E-state index in [1.54, 1.807) is 49.6 Å². The molecule has 0 aromatic heterocycles. The topological polar surface area (TPSA) is 58.6 Å². The first kappa shape index (κ1) is 14.4. The molecule has 0 aliphatic rings. The number of hydrogen-bond acceptors (Lipinski definition) is 3. The van der Waals surface area contributed by atoms with Crippen molar-refractivity contribution in [2.45, 2.75) is 6.42 Å². The van der Waals surface area contributed by atoms with Crippen molar-refractivity contribution in [3.05, 3.63) is 52.5 Å². The minimum absolute atomic E-state index is 0.146. The van der Waals surface area contributed by atoms with Crippen molar-refractivity contribution in [1.82, 2.24) is 0 Å². The van der Waals surface area contributed by atoms with Crippen LogP contribution in [0.4, 0.5) is 5.69 Å². The third kappa shape index (κ3) is 3.74. The molecule has 1 amide bonds. The van der Waals surface area contributed by atoms with Gasteiger partial charge in [0.2, 0.25) is 5.91 Å². The predicted molar refractivity (Wildman–Crippen MR) is 81.1 cm³/mol. The number of amides is 1. The van der Waals surface area contributed by atoms with Crippen molar-refractivity contribution in [1.29, 1.82) is 0 Å². The lowest BCUT2D eigenvalue weighted by Crippen LogP contribution is -2.14. The van der Waals surface area contributed by atoms with Gasteiger partial charge in [-0.1, -0.05) is 12.1 Å². The molecule has 0 heterocycles. The molecule has 4 nitrogen and oxygen atoms in total. The van der Waals surface area contributed by atoms with Crippen LogP contribution in [0.2, 0.25) is 0 Å². The van der Waals surface area contributed by atoms with Gasteiger partial charge in [0.15, 0.2) is 0 Å². The second kappa shape index (κ2) is 6.43. The molecule has 2 N–H and O–H groups in total. The Morgan fingerprint density at radius 1 is 1.30 bits per heavy atom. The van der Waals surface area contributed by atoms with Gasteiger partial charge in [0.25, 0.3) is 0 Å². The Morgan fingerprint density at radius 3 is 2.75 bits per heavy atom. The van der Waals surface area contributed by atoms with Gasteiger partial charge in [0, 0.05) is 5.69 Å². The zero-order valence-corrected chi connectivity index (χ0v) is 12.5. The molecule has 0 saturated heterocycles. The number of phenolic OH excluding ortho intramolecular Hbond substituents is 1. The van der Waals surface area contributed by atoms with Crippen molar-refractivity contribution < 1.29 is 14.6 Å². The Bertz CT molecular complexity index is 628. The number of nitrogens with one attached hydrogen (secondary N) is 1. The van der Waals surface area contributed by atoms with E-state index in [2.05, 4.69) is 21.2 Å². The second-order valence-electron chi connectivity index (χ2n) is 4.24. The molecule has 0 radical (unpaired) electrons. The van der Waals surface area contributed by atoms with E-state index in [0.29, 0.717) is 11.4 Å². The molecule has 0 spiro atoms. The van der Waals surface area contributed by atoms with E-state index in [4.69, 9.17) is 4.74 Å². The van der Waals surface area contributed by atoms with E-state index in [1.807, 2.05) is 0 Å². The first-order valence-electron chi connectivity index (χ1n) is 6.00. The minimum Gasteiger partial charge on any atom is -0.508 e. The summed E-state index contributed by atoms with van der Waals surface area (Å²) in [7, 11) is 1.58. The minimum atomic E-state index is -0.146. The number of halogens is 1. The summed E-state index contributed by atoms with van der Waals surface area (Å²) >= 11 is 3.36. The largest absolute Gasteiger partial charge is 0.508 e. The van der Waals surface area contributed by atoms with Gasteiger partial charge in [0.1, 0.15) is 11.5 Å². The number of carbonyl (C=O) groups is 1. The number of aromatic hydroxyl groups is 1. The van der Waals surface area contributed by atoms with Gasteiger partial charge >= 0.3 is 0 Å². The maximum Gasteiger partial charge on any atom is 0.228 e. The summed E-state index contributed by atoms with van der Waals surface area (Å²) in [6, 6.07) is 12.0. The second-order valence-corrected chi connectivity index (χ2v) is 5.10. The summed E-state index contributed by atoms with van der Waals surface area (Å²) < 4.78 is 5.90. The van der Waals surface area contributed by atoms with E-state index < -0.39 is 0 Å². The quantitative estimate of drug-likeness (QED) is 0.900. The number of rotatable bonds is 4. The Kier molecular flexibility index (Phi) is 4.63. The molecule has 5 heteroatoms. The zero-order valence-electron chi connectivity index (χ0n) is 10.9. The van der Waals surface area contributed by atoms with Gasteiger partial charge in [-0.05, 0) is 51.8 Å². The fourth-order valence-corrected chi connectivity index (χ4v) is 2.34. The summed E-state index contributed by atoms with van der Waals surface area (Å²) in [5.41, 5.74) is 1.44. The molecule has 2 rings (SSSR count). The van der Waals surface area contributed by atoms with Crippen LogP contribution in [0.25, 0.3) is 0 Å². The molecular formula is C15H14BrNO3. The lowest BCUT2D eigenvalue weighted by atomic mass is 10.1. The molecular weight excluding hydrogens is 322 g/mol. The van der Waals surface area contributed by atoms with Crippen molar-refractivity contribution in [3.8, 4) is 11.5 Å². The normalized spacial score (nSPS) is 10.1. The fourth-order valence-electron chi connectivity index (χ4n) is 1.80. The molecule has 0 atom stereocenters. The number of methoxy groups -OCH3 is 1. The number of ether oxygens (including phenoxy) is 1. The molecule has 2 aromatic carbocycles. The fraction of sp³-hybridized carbons (Fsp3) is 0.133. The first-order chi connectivity index (χ1) is 9.58. The number of carbonyl (C=O) groups excluding carboxylic acids is 1. The SMILES string of the molecule is COc1ccc(NC(=O)Cc2cccc(O)c2)cc1Br. The van der Waals surface area contributed by atoms with Crippen molar-refractivity contribution in [2.24, 2.45) is 0 Å². The molecule has 0 bridgehead atoms. The maximum atomic E-state index is 11.9. The van der Waals surface area contributed by atoms with Gasteiger partial charge in [-0.2, -0.15) is 0 Å². The number of hydrogen-bond donors (Lipinski definition) is 2. The van der Waals surface area contributed by atoms with E-state index in [1.165, 1.54) is 0 Å². The van der Waals surface area contributed by atoms with Gasteiger partial charge in [0.05, 0.1) is 18.0 Å². The molecule has 0 saturated carbocycles. The van der Waals surface area contributed by atoms with Crippen molar-refractivity contribution >= 4 is 27.5 Å². The Hall–Kier alpha value is -2.01. The molecule has 0 aliphatic heterocycles. The Morgan fingerprint density at radius 2 is 2.10 bits per heavy atom. The van der Waals surface area contributed by atoms with E-state index in [-0.39, 0.29) is 18.1 Å². The van der Waals surface area contributed by atoms with E-state index >= 15 is 0 Å². The summed E-state index contributed by atoms with van der Waals surface area (Å²) in [5.74, 6) is 0.714. The molecule has 104 valence electrons. The summed E-state index contributed by atoms with van der Waals surface area (Å²) in [6.45, 7) is 0. The van der Waals surface area contributed by atoms with Gasteiger partial charge in [-0.15, -0.1) is 0 Å². The van der Waals surface area contributed by atoms with Crippen LogP contribution in [0.3, 0.4) is 0 Å². The summed E-state index contributed by atoms with van der Waals surface area (Å²) in [5, 5.41) is 12.2. The predicted octanol–water partition coefficient (Wildman–Crippen LogP) is 3.34. The lowest BCUT2D eigenvalue weighted by Gasteiger charge is -2.08. The number of phenols is 1. The highest BCUT2D eigenvalue weighted by atomic mass is 79.9. The van der Waals surface area contributed by atoms with Crippen LogP contribution in [-0.2, 0) is 11.2 Å². The smallest absolute Gasteiger partial charge is 0.228 e. The van der Waals surface area contributed by atoms with Crippen LogP contribution in [-0.4, -0.2) is 18.1 Å². The molecule has 0 aliphatic carbocycles. The van der Waals surface area contributed by atoms with Crippen molar-refractivity contribution in [3.63, 3.8) is 0 Å².